The van der Waals surface area contributed by atoms with E-state index < -0.39 is 5.91 Å². The molecule has 0 aliphatic carbocycles. The number of nitrogens with zero attached hydrogens (tertiary/aromatic N) is 2. The number of hydrogen-bond donors (Lipinski definition) is 2. The largest absolute Gasteiger partial charge is 0.497 e. The van der Waals surface area contributed by atoms with Crippen LogP contribution in [0.15, 0.2) is 58.8 Å². The summed E-state index contributed by atoms with van der Waals surface area (Å²) < 4.78 is 5.04. The molecule has 6 heteroatoms. The third-order valence-corrected chi connectivity index (χ3v) is 3.30. The van der Waals surface area contributed by atoms with Crippen LogP contribution in [0.1, 0.15) is 10.4 Å². The van der Waals surface area contributed by atoms with E-state index in [1.54, 1.807) is 31.4 Å². The molecular formula is C16H14N4O2. The summed E-state index contributed by atoms with van der Waals surface area (Å²) in [5, 5.41) is 9.41. The van der Waals surface area contributed by atoms with Gasteiger partial charge in [0.15, 0.2) is 5.82 Å². The number of rotatable bonds is 3. The molecule has 3 aromatic rings. The number of aromatic amines is 1. The van der Waals surface area contributed by atoms with Gasteiger partial charge in [-0.3, -0.25) is 4.79 Å². The highest BCUT2D eigenvalue weighted by Crippen LogP contribution is 2.30. The first kappa shape index (κ1) is 13.8. The smallest absolute Gasteiger partial charge is 0.295 e. The van der Waals surface area contributed by atoms with E-state index in [0.717, 1.165) is 10.8 Å². The minimum absolute atomic E-state index is 0.431. The number of ether oxygens (including phenoxy) is 1. The lowest BCUT2D eigenvalue weighted by Gasteiger charge is -1.99. The molecule has 1 heterocycles. The van der Waals surface area contributed by atoms with Gasteiger partial charge >= 0.3 is 0 Å². The molecule has 0 fully saturated rings. The predicted octanol–water partition coefficient (Wildman–Crippen LogP) is 3.68. The molecule has 2 aromatic carbocycles. The Morgan fingerprint density at radius 2 is 1.77 bits per heavy atom. The molecule has 22 heavy (non-hydrogen) atoms. The number of hydrogen-bond acceptors (Lipinski definition) is 4. The molecule has 0 radical (unpaired) electrons. The second kappa shape index (κ2) is 5.69. The molecule has 0 aliphatic rings. The SMILES string of the molecule is COc1ccc(C(=O)N=Nc2[nH]c(N)c3ccccc23)cc1. The maximum absolute atomic E-state index is 12.0. The number of methoxy groups -OCH3 is 1. The lowest BCUT2D eigenvalue weighted by molar-refractivity contribution is 0.0995. The van der Waals surface area contributed by atoms with Crippen molar-refractivity contribution < 1.29 is 9.53 Å². The normalized spacial score (nSPS) is 11.1. The zero-order valence-corrected chi connectivity index (χ0v) is 11.9. The number of nitrogens with one attached hydrogen (secondary N) is 1. The number of nitrogen functional groups attached to an aromatic ring is 1. The Morgan fingerprint density at radius 1 is 1.09 bits per heavy atom. The molecule has 0 atom stereocenters. The fourth-order valence-corrected chi connectivity index (χ4v) is 2.15. The molecule has 1 aromatic heterocycles. The highest BCUT2D eigenvalue weighted by molar-refractivity contribution is 6.00. The summed E-state index contributed by atoms with van der Waals surface area (Å²) in [7, 11) is 1.57. The molecule has 0 bridgehead atoms. The van der Waals surface area contributed by atoms with Gasteiger partial charge in [0.1, 0.15) is 11.6 Å². The molecule has 3 rings (SSSR count). The van der Waals surface area contributed by atoms with E-state index in [4.69, 9.17) is 10.5 Å². The van der Waals surface area contributed by atoms with Gasteiger partial charge in [-0.1, -0.05) is 24.3 Å². The van der Waals surface area contributed by atoms with Crippen molar-refractivity contribution in [3.63, 3.8) is 0 Å². The summed E-state index contributed by atoms with van der Waals surface area (Å²) in [5.41, 5.74) is 6.31. The van der Waals surface area contributed by atoms with Crippen LogP contribution in [-0.2, 0) is 0 Å². The van der Waals surface area contributed by atoms with Crippen LogP contribution >= 0.6 is 0 Å². The van der Waals surface area contributed by atoms with Crippen LogP contribution < -0.4 is 10.5 Å². The number of H-pyrrole nitrogens is 1. The topological polar surface area (TPSA) is 92.8 Å². The first-order chi connectivity index (χ1) is 10.7. The van der Waals surface area contributed by atoms with Crippen LogP contribution in [0.25, 0.3) is 10.8 Å². The lowest BCUT2D eigenvalue weighted by Crippen LogP contribution is -1.93. The zero-order chi connectivity index (χ0) is 15.5. The third-order valence-electron chi connectivity index (χ3n) is 3.30. The zero-order valence-electron chi connectivity index (χ0n) is 11.9. The Balaban J connectivity index is 1.87. The highest BCUT2D eigenvalue weighted by Gasteiger charge is 2.08. The van der Waals surface area contributed by atoms with Crippen molar-refractivity contribution in [2.75, 3.05) is 12.8 Å². The number of fused-ring (bicyclic) bond motifs is 1. The van der Waals surface area contributed by atoms with Crippen LogP contribution in [0.3, 0.4) is 0 Å². The Labute approximate surface area is 126 Å². The number of carbonyl (C=O) groups is 1. The number of carbonyl (C=O) groups excluding carboxylic acids is 1. The van der Waals surface area contributed by atoms with Crippen LogP contribution in [0.4, 0.5) is 11.6 Å². The Morgan fingerprint density at radius 3 is 2.45 bits per heavy atom. The van der Waals surface area contributed by atoms with Gasteiger partial charge in [-0.15, -0.1) is 10.2 Å². The van der Waals surface area contributed by atoms with Crippen molar-refractivity contribution in [3.8, 4) is 5.75 Å². The van der Waals surface area contributed by atoms with E-state index in [9.17, 15) is 4.79 Å². The minimum Gasteiger partial charge on any atom is -0.497 e. The Kier molecular flexibility index (Phi) is 3.57. The van der Waals surface area contributed by atoms with Crippen LogP contribution in [0.2, 0.25) is 0 Å². The van der Waals surface area contributed by atoms with Crippen molar-refractivity contribution >= 4 is 28.3 Å². The second-order valence-electron chi connectivity index (χ2n) is 4.67. The molecule has 1 amide bonds. The molecule has 110 valence electrons. The quantitative estimate of drug-likeness (QED) is 0.721. The van der Waals surface area contributed by atoms with Crippen molar-refractivity contribution in [3.05, 3.63) is 54.1 Å². The number of nitrogens with two attached hydrogens (primary N) is 1. The summed E-state index contributed by atoms with van der Waals surface area (Å²) in [4.78, 5) is 14.9. The Hall–Kier alpha value is -3.15. The predicted molar refractivity (Wildman–Crippen MR) is 84.6 cm³/mol. The van der Waals surface area contributed by atoms with Gasteiger partial charge in [-0.2, -0.15) is 0 Å². The van der Waals surface area contributed by atoms with Crippen LogP contribution in [0.5, 0.6) is 5.75 Å². The summed E-state index contributed by atoms with van der Waals surface area (Å²) in [6, 6.07) is 14.2. The summed E-state index contributed by atoms with van der Waals surface area (Å²) in [6.45, 7) is 0. The van der Waals surface area contributed by atoms with Crippen molar-refractivity contribution in [1.29, 1.82) is 0 Å². The summed E-state index contributed by atoms with van der Waals surface area (Å²) in [6.07, 6.45) is 0. The first-order valence-electron chi connectivity index (χ1n) is 6.65. The highest BCUT2D eigenvalue weighted by atomic mass is 16.5. The number of amides is 1. The van der Waals surface area contributed by atoms with E-state index in [0.29, 0.717) is 22.9 Å². The maximum atomic E-state index is 12.0. The Bertz CT molecular complexity index is 850. The number of aromatic nitrogens is 1. The minimum atomic E-state index is -0.431. The fraction of sp³-hybridized carbons (Fsp3) is 0.0625. The molecule has 0 saturated carbocycles. The lowest BCUT2D eigenvalue weighted by atomic mass is 10.2. The van der Waals surface area contributed by atoms with Crippen molar-refractivity contribution in [2.24, 2.45) is 10.2 Å². The van der Waals surface area contributed by atoms with Gasteiger partial charge < -0.3 is 15.5 Å². The van der Waals surface area contributed by atoms with E-state index in [2.05, 4.69) is 15.2 Å². The van der Waals surface area contributed by atoms with Gasteiger partial charge in [-0.25, -0.2) is 0 Å². The molecule has 0 saturated heterocycles. The van der Waals surface area contributed by atoms with Gasteiger partial charge in [-0.05, 0) is 24.3 Å². The van der Waals surface area contributed by atoms with Crippen molar-refractivity contribution in [2.45, 2.75) is 0 Å². The van der Waals surface area contributed by atoms with Gasteiger partial charge in [0, 0.05) is 16.3 Å². The monoisotopic (exact) mass is 294 g/mol. The third kappa shape index (κ3) is 2.54. The number of anilines is 1. The second-order valence-corrected chi connectivity index (χ2v) is 4.67. The molecule has 6 nitrogen and oxygen atoms in total. The fourth-order valence-electron chi connectivity index (χ4n) is 2.15. The van der Waals surface area contributed by atoms with E-state index in [1.807, 2.05) is 24.3 Å². The molecule has 0 unspecified atom stereocenters. The van der Waals surface area contributed by atoms with Crippen molar-refractivity contribution in [1.82, 2.24) is 4.98 Å². The number of azo groups is 1. The van der Waals surface area contributed by atoms with Gasteiger partial charge in [0.25, 0.3) is 5.91 Å². The average molecular weight is 294 g/mol. The standard InChI is InChI=1S/C16H14N4O2/c1-22-11-8-6-10(7-9-11)16(21)20-19-15-13-5-3-2-4-12(13)14(17)18-15/h2-9,18H,17H2,1H3. The van der Waals surface area contributed by atoms with Crippen LogP contribution in [-0.4, -0.2) is 18.0 Å². The van der Waals surface area contributed by atoms with E-state index in [-0.39, 0.29) is 0 Å². The first-order valence-corrected chi connectivity index (χ1v) is 6.65. The average Bonchev–Trinajstić information content (AvgIpc) is 2.89. The van der Waals surface area contributed by atoms with Gasteiger partial charge in [0.05, 0.1) is 7.11 Å². The number of benzene rings is 2. The van der Waals surface area contributed by atoms with Crippen LogP contribution in [0, 0.1) is 0 Å². The maximum Gasteiger partial charge on any atom is 0.295 e. The molecule has 0 spiro atoms. The molecule has 0 aliphatic heterocycles. The van der Waals surface area contributed by atoms with E-state index in [1.165, 1.54) is 0 Å². The van der Waals surface area contributed by atoms with Gasteiger partial charge in [0.2, 0.25) is 0 Å². The van der Waals surface area contributed by atoms with E-state index >= 15 is 0 Å². The molecule has 3 N–H and O–H groups in total. The summed E-state index contributed by atoms with van der Waals surface area (Å²) >= 11 is 0. The summed E-state index contributed by atoms with van der Waals surface area (Å²) in [5.74, 6) is 1.22. The molecular weight excluding hydrogens is 280 g/mol.